The number of hydrogen-bond donors (Lipinski definition) is 1. The van der Waals surface area contributed by atoms with Gasteiger partial charge in [0.1, 0.15) is 16.5 Å². The fourth-order valence-electron chi connectivity index (χ4n) is 3.81. The second kappa shape index (κ2) is 8.09. The minimum atomic E-state index is -4.25. The molecule has 0 radical (unpaired) electrons. The number of rotatable bonds is 4. The first-order chi connectivity index (χ1) is 14.3. The third kappa shape index (κ3) is 3.87. The van der Waals surface area contributed by atoms with Gasteiger partial charge in [-0.2, -0.15) is 0 Å². The first-order valence-electron chi connectivity index (χ1n) is 9.45. The van der Waals surface area contributed by atoms with Crippen LogP contribution >= 0.6 is 11.6 Å². The van der Waals surface area contributed by atoms with E-state index >= 15 is 0 Å². The number of fused-ring (bicyclic) bond motifs is 1. The number of anilines is 1. The van der Waals surface area contributed by atoms with E-state index in [1.165, 1.54) is 6.20 Å². The Balaban J connectivity index is 1.92. The van der Waals surface area contributed by atoms with Crippen molar-refractivity contribution >= 4 is 38.0 Å². The van der Waals surface area contributed by atoms with E-state index in [0.717, 1.165) is 12.1 Å². The van der Waals surface area contributed by atoms with Gasteiger partial charge in [0.2, 0.25) is 9.84 Å². The van der Waals surface area contributed by atoms with Gasteiger partial charge in [-0.15, -0.1) is 0 Å². The predicted molar refractivity (Wildman–Crippen MR) is 111 cm³/mol. The molecule has 1 aliphatic heterocycles. The topological polar surface area (TPSA) is 70.5 Å². The first-order valence-corrected chi connectivity index (χ1v) is 11.3. The van der Waals surface area contributed by atoms with Crippen LogP contribution in [0.1, 0.15) is 12.8 Å². The maximum absolute atomic E-state index is 13.7. The molecule has 3 aromatic rings. The number of piperidine rings is 1. The Morgan fingerprint density at radius 3 is 2.40 bits per heavy atom. The molecule has 0 atom stereocenters. The Hall–Kier alpha value is -2.29. The highest BCUT2D eigenvalue weighted by molar-refractivity contribution is 7.91. The lowest BCUT2D eigenvalue weighted by Gasteiger charge is -2.34. The highest BCUT2D eigenvalue weighted by atomic mass is 35.5. The van der Waals surface area contributed by atoms with Gasteiger partial charge in [-0.3, -0.25) is 4.98 Å². The average Bonchev–Trinajstić information content (AvgIpc) is 2.72. The van der Waals surface area contributed by atoms with E-state index in [4.69, 9.17) is 11.6 Å². The number of hydrogen-bond acceptors (Lipinski definition) is 5. The number of aromatic nitrogens is 1. The summed E-state index contributed by atoms with van der Waals surface area (Å²) in [6.45, 7) is 1.15. The Morgan fingerprint density at radius 2 is 1.77 bits per heavy atom. The van der Waals surface area contributed by atoms with Crippen molar-refractivity contribution in [3.63, 3.8) is 0 Å². The number of halogens is 3. The summed E-state index contributed by atoms with van der Waals surface area (Å²) in [5.41, 5.74) is 0.948. The van der Waals surface area contributed by atoms with Crippen LogP contribution in [-0.4, -0.2) is 38.2 Å². The Kier molecular flexibility index (Phi) is 5.65. The van der Waals surface area contributed by atoms with E-state index in [1.807, 2.05) is 4.90 Å². The van der Waals surface area contributed by atoms with Crippen molar-refractivity contribution in [2.45, 2.75) is 22.6 Å². The normalized spacial score (nSPS) is 15.7. The van der Waals surface area contributed by atoms with Crippen molar-refractivity contribution < 1.29 is 22.3 Å². The quantitative estimate of drug-likeness (QED) is 0.642. The number of aliphatic hydroxyl groups is 1. The van der Waals surface area contributed by atoms with Crippen LogP contribution in [0, 0.1) is 17.6 Å². The van der Waals surface area contributed by atoms with E-state index in [2.05, 4.69) is 4.98 Å². The summed E-state index contributed by atoms with van der Waals surface area (Å²) >= 11 is 6.07. The number of benzene rings is 2. The molecule has 1 aromatic heterocycles. The summed E-state index contributed by atoms with van der Waals surface area (Å²) in [5.74, 6) is -1.79. The molecule has 9 heteroatoms. The summed E-state index contributed by atoms with van der Waals surface area (Å²) in [4.78, 5) is 5.58. The van der Waals surface area contributed by atoms with E-state index < -0.39 is 26.4 Å². The zero-order valence-corrected chi connectivity index (χ0v) is 17.4. The zero-order valence-electron chi connectivity index (χ0n) is 15.9. The molecule has 4 rings (SSSR count). The van der Waals surface area contributed by atoms with Crippen molar-refractivity contribution in [3.05, 3.63) is 59.3 Å². The van der Waals surface area contributed by atoms with Crippen LogP contribution in [0.15, 0.2) is 52.4 Å². The molecule has 0 spiro atoms. The van der Waals surface area contributed by atoms with Crippen LogP contribution in [0.4, 0.5) is 14.5 Å². The molecule has 2 heterocycles. The SMILES string of the molecule is O=S(=O)(c1cc(F)cc(F)c1)c1cnc2cc(Cl)ccc2c1N1CCC(CO)CC1. The maximum Gasteiger partial charge on any atom is 0.210 e. The standard InChI is InChI=1S/C21H19ClF2N2O3S/c22-14-1-2-18-19(7-14)25-11-20(21(18)26-5-3-13(12-27)4-6-26)30(28,29)17-9-15(23)8-16(24)10-17/h1-2,7-11,13,27H,3-6,12H2. The van der Waals surface area contributed by atoms with Gasteiger partial charge < -0.3 is 10.0 Å². The Labute approximate surface area is 177 Å². The third-order valence-electron chi connectivity index (χ3n) is 5.39. The molecule has 1 aliphatic rings. The summed E-state index contributed by atoms with van der Waals surface area (Å²) < 4.78 is 54.2. The predicted octanol–water partition coefficient (Wildman–Crippen LogP) is 4.21. The molecule has 5 nitrogen and oxygen atoms in total. The maximum atomic E-state index is 13.7. The van der Waals surface area contributed by atoms with Gasteiger partial charge in [-0.25, -0.2) is 17.2 Å². The third-order valence-corrected chi connectivity index (χ3v) is 7.36. The lowest BCUT2D eigenvalue weighted by Crippen LogP contribution is -2.35. The number of nitrogens with zero attached hydrogens (tertiary/aromatic N) is 2. The van der Waals surface area contributed by atoms with E-state index in [0.29, 0.717) is 53.6 Å². The molecule has 0 aliphatic carbocycles. The van der Waals surface area contributed by atoms with Crippen LogP contribution in [0.5, 0.6) is 0 Å². The highest BCUT2D eigenvalue weighted by Crippen LogP contribution is 2.38. The smallest absolute Gasteiger partial charge is 0.210 e. The van der Waals surface area contributed by atoms with Gasteiger partial charge in [0.25, 0.3) is 0 Å². The summed E-state index contributed by atoms with van der Waals surface area (Å²) in [5, 5.41) is 10.5. The zero-order chi connectivity index (χ0) is 21.5. The molecule has 0 saturated carbocycles. The second-order valence-corrected chi connectivity index (χ2v) is 9.71. The van der Waals surface area contributed by atoms with E-state index in [9.17, 15) is 22.3 Å². The van der Waals surface area contributed by atoms with Crippen LogP contribution in [0.3, 0.4) is 0 Å². The van der Waals surface area contributed by atoms with Gasteiger partial charge in [-0.1, -0.05) is 11.6 Å². The molecule has 158 valence electrons. The molecule has 30 heavy (non-hydrogen) atoms. The lowest BCUT2D eigenvalue weighted by atomic mass is 9.97. The van der Waals surface area contributed by atoms with Crippen molar-refractivity contribution in [1.82, 2.24) is 4.98 Å². The fraction of sp³-hybridized carbons (Fsp3) is 0.286. The van der Waals surface area contributed by atoms with Crippen LogP contribution in [0.2, 0.25) is 5.02 Å². The Bertz CT molecular complexity index is 1190. The van der Waals surface area contributed by atoms with Crippen LogP contribution in [-0.2, 0) is 9.84 Å². The van der Waals surface area contributed by atoms with E-state index in [-0.39, 0.29) is 17.4 Å². The van der Waals surface area contributed by atoms with Crippen LogP contribution < -0.4 is 4.90 Å². The highest BCUT2D eigenvalue weighted by Gasteiger charge is 2.29. The molecular formula is C21H19ClF2N2O3S. The Morgan fingerprint density at radius 1 is 1.10 bits per heavy atom. The number of sulfone groups is 1. The van der Waals surface area contributed by atoms with Crippen molar-refractivity contribution in [2.75, 3.05) is 24.6 Å². The summed E-state index contributed by atoms with van der Waals surface area (Å²) in [6.07, 6.45) is 2.61. The number of pyridine rings is 1. The summed E-state index contributed by atoms with van der Waals surface area (Å²) in [7, 11) is -4.25. The molecule has 0 amide bonds. The van der Waals surface area contributed by atoms with Crippen molar-refractivity contribution in [2.24, 2.45) is 5.92 Å². The number of aliphatic hydroxyl groups excluding tert-OH is 1. The molecule has 0 bridgehead atoms. The molecule has 1 N–H and O–H groups in total. The van der Waals surface area contributed by atoms with Gasteiger partial charge in [0.05, 0.1) is 16.1 Å². The van der Waals surface area contributed by atoms with Gasteiger partial charge >= 0.3 is 0 Å². The average molecular weight is 453 g/mol. The van der Waals surface area contributed by atoms with Gasteiger partial charge in [0.15, 0.2) is 0 Å². The molecule has 1 fully saturated rings. The lowest BCUT2D eigenvalue weighted by molar-refractivity contribution is 0.203. The second-order valence-electron chi connectivity index (χ2n) is 7.35. The molecule has 2 aromatic carbocycles. The molecule has 1 saturated heterocycles. The summed E-state index contributed by atoms with van der Waals surface area (Å²) in [6, 6.07) is 7.20. The molecule has 0 unspecified atom stereocenters. The molecular weight excluding hydrogens is 434 g/mol. The fourth-order valence-corrected chi connectivity index (χ4v) is 5.45. The monoisotopic (exact) mass is 452 g/mol. The van der Waals surface area contributed by atoms with Crippen molar-refractivity contribution in [3.8, 4) is 0 Å². The van der Waals surface area contributed by atoms with Gasteiger partial charge in [-0.05, 0) is 49.1 Å². The first kappa shape index (κ1) is 21.0. The van der Waals surface area contributed by atoms with Gasteiger partial charge in [0, 0.05) is 42.4 Å². The minimum Gasteiger partial charge on any atom is -0.396 e. The minimum absolute atomic E-state index is 0.0776. The van der Waals surface area contributed by atoms with E-state index in [1.54, 1.807) is 18.2 Å². The largest absolute Gasteiger partial charge is 0.396 e. The van der Waals surface area contributed by atoms with Crippen LogP contribution in [0.25, 0.3) is 10.9 Å². The van der Waals surface area contributed by atoms with Crippen molar-refractivity contribution in [1.29, 1.82) is 0 Å².